The first kappa shape index (κ1) is 30.1. The third-order valence-corrected chi connectivity index (χ3v) is 6.77. The van der Waals surface area contributed by atoms with Crippen LogP contribution in [0.25, 0.3) is 22.3 Å². The van der Waals surface area contributed by atoms with Gasteiger partial charge in [-0.3, -0.25) is 0 Å². The van der Waals surface area contributed by atoms with Crippen LogP contribution in [0.4, 0.5) is 22.0 Å². The molecule has 0 bridgehead atoms. The number of imidazole rings is 1. The fraction of sp³-hybridized carbons (Fsp3) is 0.161. The lowest BCUT2D eigenvalue weighted by Crippen LogP contribution is -2.10. The van der Waals surface area contributed by atoms with Gasteiger partial charge in [0.15, 0.2) is 5.82 Å². The number of aromatic carboxylic acids is 1. The van der Waals surface area contributed by atoms with E-state index in [1.165, 1.54) is 29.9 Å². The second-order valence-electron chi connectivity index (χ2n) is 9.59. The van der Waals surface area contributed by atoms with E-state index in [-0.39, 0.29) is 71.2 Å². The summed E-state index contributed by atoms with van der Waals surface area (Å²) in [5.74, 6) is -5.97. The molecule has 0 amide bonds. The molecule has 5 rings (SSSR count). The number of nitrogens with zero attached hydrogens (tertiary/aromatic N) is 4. The Morgan fingerprint density at radius 1 is 0.909 bits per heavy atom. The van der Waals surface area contributed by atoms with Gasteiger partial charge in [0.05, 0.1) is 29.3 Å². The van der Waals surface area contributed by atoms with E-state index in [1.807, 2.05) is 6.07 Å². The molecular formula is C31H21F5N4O4. The summed E-state index contributed by atoms with van der Waals surface area (Å²) < 4.78 is 86.4. The third kappa shape index (κ3) is 6.06. The van der Waals surface area contributed by atoms with Crippen molar-refractivity contribution in [3.8, 4) is 23.2 Å². The maximum atomic E-state index is 15.4. The lowest BCUT2D eigenvalue weighted by molar-refractivity contribution is 0.0696. The van der Waals surface area contributed by atoms with Crippen molar-refractivity contribution >= 4 is 17.0 Å². The number of halogens is 5. The van der Waals surface area contributed by atoms with Gasteiger partial charge in [-0.05, 0) is 48.0 Å². The topological polar surface area (TPSA) is 110 Å². The van der Waals surface area contributed by atoms with Crippen LogP contribution in [0.15, 0.2) is 54.6 Å². The Labute approximate surface area is 246 Å². The summed E-state index contributed by atoms with van der Waals surface area (Å²) in [6.07, 6.45) is -0.321. The van der Waals surface area contributed by atoms with Gasteiger partial charge in [0.25, 0.3) is 0 Å². The molecule has 2 aromatic heterocycles. The first-order valence-electron chi connectivity index (χ1n) is 13.0. The number of hydrogen-bond donors (Lipinski definition) is 1. The molecule has 0 fully saturated rings. The molecule has 13 heteroatoms. The van der Waals surface area contributed by atoms with Crippen molar-refractivity contribution in [1.82, 2.24) is 14.5 Å². The van der Waals surface area contributed by atoms with Gasteiger partial charge in [0.2, 0.25) is 5.88 Å². The van der Waals surface area contributed by atoms with Gasteiger partial charge in [-0.25, -0.2) is 36.7 Å². The first-order valence-corrected chi connectivity index (χ1v) is 13.0. The van der Waals surface area contributed by atoms with Crippen molar-refractivity contribution in [2.75, 3.05) is 13.7 Å². The van der Waals surface area contributed by atoms with Gasteiger partial charge in [0.1, 0.15) is 46.9 Å². The molecule has 0 radical (unpaired) electrons. The Kier molecular flexibility index (Phi) is 8.54. The fourth-order valence-electron chi connectivity index (χ4n) is 4.57. The monoisotopic (exact) mass is 608 g/mol. The number of carbonyl (C=O) groups is 1. The van der Waals surface area contributed by atoms with Gasteiger partial charge in [0, 0.05) is 37.3 Å². The van der Waals surface area contributed by atoms with E-state index in [2.05, 4.69) is 9.97 Å². The largest absolute Gasteiger partial charge is 0.478 e. The molecular weight excluding hydrogens is 587 g/mol. The average molecular weight is 609 g/mol. The number of nitriles is 1. The van der Waals surface area contributed by atoms with Crippen LogP contribution in [0.2, 0.25) is 0 Å². The van der Waals surface area contributed by atoms with E-state index in [0.717, 1.165) is 36.4 Å². The van der Waals surface area contributed by atoms with Crippen LogP contribution in [-0.4, -0.2) is 39.3 Å². The third-order valence-electron chi connectivity index (χ3n) is 6.77. The standard InChI is InChI=1S/C31H21F5N4O4/c1-43-7-6-40-26-11-19(31(41)42)10-25(36)30(26)38-27(40)12-18-9-24(35)20(13-23(18)34)29-21(32)4-5-28(39-29)44-15-17-3-2-16(14-37)8-22(17)33/h2-5,8-11,13H,6-7,12,15H2,1H3,(H,41,42). The Morgan fingerprint density at radius 3 is 2.39 bits per heavy atom. The number of aromatic nitrogens is 3. The number of benzene rings is 3. The second kappa shape index (κ2) is 12.5. The maximum Gasteiger partial charge on any atom is 0.335 e. The molecule has 0 aliphatic carbocycles. The molecule has 3 aromatic carbocycles. The summed E-state index contributed by atoms with van der Waals surface area (Å²) in [5, 5.41) is 18.2. The number of ether oxygens (including phenoxy) is 2. The fourth-order valence-corrected chi connectivity index (χ4v) is 4.57. The predicted molar refractivity (Wildman–Crippen MR) is 146 cm³/mol. The molecule has 224 valence electrons. The molecule has 0 atom stereocenters. The van der Waals surface area contributed by atoms with Gasteiger partial charge in [-0.15, -0.1) is 0 Å². The SMILES string of the molecule is COCCn1c(Cc2cc(F)c(-c3nc(OCc4ccc(C#N)cc4F)ccc3F)cc2F)nc2c(F)cc(C(=O)O)cc21. The summed E-state index contributed by atoms with van der Waals surface area (Å²) in [6.45, 7) is -0.0837. The van der Waals surface area contributed by atoms with Crippen LogP contribution in [0.3, 0.4) is 0 Å². The Balaban J connectivity index is 1.45. The molecule has 0 aliphatic rings. The number of fused-ring (bicyclic) bond motifs is 1. The second-order valence-corrected chi connectivity index (χ2v) is 9.59. The van der Waals surface area contributed by atoms with Crippen LogP contribution >= 0.6 is 0 Å². The summed E-state index contributed by atoms with van der Waals surface area (Å²) in [7, 11) is 1.42. The number of carboxylic acid groups (broad SMARTS) is 1. The van der Waals surface area contributed by atoms with Crippen molar-refractivity contribution in [3.63, 3.8) is 0 Å². The van der Waals surface area contributed by atoms with E-state index in [0.29, 0.717) is 0 Å². The average Bonchev–Trinajstić information content (AvgIpc) is 3.35. The molecule has 0 saturated carbocycles. The van der Waals surface area contributed by atoms with E-state index in [9.17, 15) is 23.1 Å². The minimum atomic E-state index is -1.35. The highest BCUT2D eigenvalue weighted by Crippen LogP contribution is 2.30. The molecule has 44 heavy (non-hydrogen) atoms. The minimum absolute atomic E-state index is 0.0915. The predicted octanol–water partition coefficient (Wildman–Crippen LogP) is 6.18. The number of hydrogen-bond acceptors (Lipinski definition) is 6. The lowest BCUT2D eigenvalue weighted by Gasteiger charge is -2.12. The molecule has 8 nitrogen and oxygen atoms in total. The molecule has 0 aliphatic heterocycles. The van der Waals surface area contributed by atoms with Crippen molar-refractivity contribution in [2.45, 2.75) is 19.6 Å². The van der Waals surface area contributed by atoms with Crippen molar-refractivity contribution in [1.29, 1.82) is 5.26 Å². The molecule has 0 saturated heterocycles. The zero-order chi connectivity index (χ0) is 31.5. The first-order chi connectivity index (χ1) is 21.1. The minimum Gasteiger partial charge on any atom is -0.478 e. The lowest BCUT2D eigenvalue weighted by atomic mass is 10.0. The van der Waals surface area contributed by atoms with E-state index in [1.54, 1.807) is 0 Å². The van der Waals surface area contributed by atoms with Crippen LogP contribution in [0.1, 0.15) is 32.9 Å². The van der Waals surface area contributed by atoms with Crippen molar-refractivity contribution < 1.29 is 41.3 Å². The van der Waals surface area contributed by atoms with E-state index < -0.39 is 46.3 Å². The van der Waals surface area contributed by atoms with Crippen LogP contribution < -0.4 is 4.74 Å². The number of rotatable bonds is 10. The van der Waals surface area contributed by atoms with E-state index >= 15 is 8.78 Å². The normalized spacial score (nSPS) is 11.1. The molecule has 2 heterocycles. The van der Waals surface area contributed by atoms with Crippen LogP contribution in [0.5, 0.6) is 5.88 Å². The molecule has 5 aromatic rings. The molecule has 1 N–H and O–H groups in total. The zero-order valence-corrected chi connectivity index (χ0v) is 22.9. The highest BCUT2D eigenvalue weighted by molar-refractivity contribution is 5.92. The molecule has 0 unspecified atom stereocenters. The smallest absolute Gasteiger partial charge is 0.335 e. The van der Waals surface area contributed by atoms with Gasteiger partial charge in [-0.2, -0.15) is 5.26 Å². The highest BCUT2D eigenvalue weighted by atomic mass is 19.1. The number of pyridine rings is 1. The number of methoxy groups -OCH3 is 1. The van der Waals surface area contributed by atoms with Gasteiger partial charge in [-0.1, -0.05) is 6.07 Å². The quantitative estimate of drug-likeness (QED) is 0.189. The Bertz CT molecular complexity index is 1950. The van der Waals surface area contributed by atoms with Crippen molar-refractivity contribution in [3.05, 3.63) is 112 Å². The number of carboxylic acids is 1. The Morgan fingerprint density at radius 2 is 1.68 bits per heavy atom. The zero-order valence-electron chi connectivity index (χ0n) is 22.9. The van der Waals surface area contributed by atoms with Crippen LogP contribution in [0, 0.1) is 40.4 Å². The van der Waals surface area contributed by atoms with Crippen LogP contribution in [-0.2, 0) is 24.3 Å². The summed E-state index contributed by atoms with van der Waals surface area (Å²) in [4.78, 5) is 19.6. The van der Waals surface area contributed by atoms with E-state index in [4.69, 9.17) is 14.7 Å². The maximum absolute atomic E-state index is 15.4. The van der Waals surface area contributed by atoms with Gasteiger partial charge < -0.3 is 19.1 Å². The summed E-state index contributed by atoms with van der Waals surface area (Å²) in [5.41, 5.74) is -1.38. The Hall–Kier alpha value is -5.35. The van der Waals surface area contributed by atoms with Crippen molar-refractivity contribution in [2.24, 2.45) is 0 Å². The molecule has 0 spiro atoms. The van der Waals surface area contributed by atoms with Gasteiger partial charge >= 0.3 is 5.97 Å². The summed E-state index contributed by atoms with van der Waals surface area (Å²) in [6, 6.07) is 11.3. The highest BCUT2D eigenvalue weighted by Gasteiger charge is 2.22. The summed E-state index contributed by atoms with van der Waals surface area (Å²) >= 11 is 0.